The highest BCUT2D eigenvalue weighted by atomic mass is 19.4. The Bertz CT molecular complexity index is 572. The van der Waals surface area contributed by atoms with E-state index in [9.17, 15) is 22.8 Å². The molecule has 8 heteroatoms. The molecule has 126 valence electrons. The lowest BCUT2D eigenvalue weighted by atomic mass is 9.97. The van der Waals surface area contributed by atoms with Crippen LogP contribution in [0.4, 0.5) is 18.0 Å². The van der Waals surface area contributed by atoms with Crippen molar-refractivity contribution in [2.75, 3.05) is 13.1 Å². The van der Waals surface area contributed by atoms with Crippen molar-refractivity contribution in [1.82, 2.24) is 10.2 Å². The van der Waals surface area contributed by atoms with E-state index in [1.54, 1.807) is 12.1 Å². The molecule has 3 amide bonds. The molecular formula is C15H18F3N3O2. The summed E-state index contributed by atoms with van der Waals surface area (Å²) in [6, 6.07) is 5.69. The highest BCUT2D eigenvalue weighted by Gasteiger charge is 2.42. The monoisotopic (exact) mass is 329 g/mol. The summed E-state index contributed by atoms with van der Waals surface area (Å²) in [7, 11) is 0. The Kier molecular flexibility index (Phi) is 5.12. The topological polar surface area (TPSA) is 75.4 Å². The van der Waals surface area contributed by atoms with E-state index in [-0.39, 0.29) is 19.5 Å². The molecule has 1 unspecified atom stereocenters. The van der Waals surface area contributed by atoms with Gasteiger partial charge in [0.25, 0.3) is 5.91 Å². The summed E-state index contributed by atoms with van der Waals surface area (Å²) >= 11 is 0. The number of piperidine rings is 1. The number of nitrogens with zero attached hydrogens (tertiary/aromatic N) is 1. The van der Waals surface area contributed by atoms with Gasteiger partial charge in [0.15, 0.2) is 0 Å². The van der Waals surface area contributed by atoms with Crippen molar-refractivity contribution in [3.8, 4) is 0 Å². The maximum absolute atomic E-state index is 12.8. The minimum absolute atomic E-state index is 0.0605. The largest absolute Gasteiger partial charge is 0.393 e. The van der Waals surface area contributed by atoms with Crippen molar-refractivity contribution in [3.63, 3.8) is 0 Å². The van der Waals surface area contributed by atoms with E-state index in [0.717, 1.165) is 5.56 Å². The standard InChI is InChI=1S/C15H18F3N3O2/c16-15(17,18)12-2-1-7-21(9-12)13(22)11-5-3-10(4-6-11)8-20-14(19)23/h3-6,12H,1-2,7-9H2,(H3,19,20,23). The normalized spacial score (nSPS) is 18.6. The molecule has 0 radical (unpaired) electrons. The number of likely N-dealkylation sites (tertiary alicyclic amines) is 1. The Hall–Kier alpha value is -2.25. The molecule has 1 saturated heterocycles. The number of rotatable bonds is 3. The van der Waals surface area contributed by atoms with E-state index in [0.29, 0.717) is 18.5 Å². The first-order valence-electron chi connectivity index (χ1n) is 7.25. The average molecular weight is 329 g/mol. The number of hydrogen-bond acceptors (Lipinski definition) is 2. The fraction of sp³-hybridized carbons (Fsp3) is 0.467. The molecule has 0 saturated carbocycles. The van der Waals surface area contributed by atoms with Crippen molar-refractivity contribution in [2.45, 2.75) is 25.6 Å². The molecule has 1 aromatic carbocycles. The summed E-state index contributed by atoms with van der Waals surface area (Å²) in [5.41, 5.74) is 6.03. The predicted molar refractivity (Wildman–Crippen MR) is 77.5 cm³/mol. The van der Waals surface area contributed by atoms with Gasteiger partial charge >= 0.3 is 12.2 Å². The first-order chi connectivity index (χ1) is 10.8. The van der Waals surface area contributed by atoms with Crippen molar-refractivity contribution in [1.29, 1.82) is 0 Å². The number of amides is 3. The van der Waals surface area contributed by atoms with Crippen LogP contribution in [0.1, 0.15) is 28.8 Å². The summed E-state index contributed by atoms with van der Waals surface area (Å²) in [6.07, 6.45) is -3.87. The zero-order valence-electron chi connectivity index (χ0n) is 12.4. The van der Waals surface area contributed by atoms with Crippen molar-refractivity contribution < 1.29 is 22.8 Å². The van der Waals surface area contributed by atoms with E-state index >= 15 is 0 Å². The maximum atomic E-state index is 12.8. The second kappa shape index (κ2) is 6.89. The Morgan fingerprint density at radius 1 is 1.26 bits per heavy atom. The number of alkyl halides is 3. The molecule has 23 heavy (non-hydrogen) atoms. The smallest absolute Gasteiger partial charge is 0.352 e. The average Bonchev–Trinajstić information content (AvgIpc) is 2.52. The van der Waals surface area contributed by atoms with Gasteiger partial charge in [-0.25, -0.2) is 4.79 Å². The van der Waals surface area contributed by atoms with Crippen LogP contribution in [0.5, 0.6) is 0 Å². The third-order valence-corrected chi connectivity index (χ3v) is 3.84. The van der Waals surface area contributed by atoms with Crippen LogP contribution in [-0.4, -0.2) is 36.1 Å². The molecule has 2 rings (SSSR count). The summed E-state index contributed by atoms with van der Waals surface area (Å²) in [5.74, 6) is -1.87. The predicted octanol–water partition coefficient (Wildman–Crippen LogP) is 2.27. The first-order valence-corrected chi connectivity index (χ1v) is 7.25. The van der Waals surface area contributed by atoms with E-state index in [2.05, 4.69) is 5.32 Å². The third-order valence-electron chi connectivity index (χ3n) is 3.84. The van der Waals surface area contributed by atoms with E-state index in [1.165, 1.54) is 17.0 Å². The van der Waals surface area contributed by atoms with Crippen LogP contribution >= 0.6 is 0 Å². The van der Waals surface area contributed by atoms with Gasteiger partial charge in [0.2, 0.25) is 0 Å². The highest BCUT2D eigenvalue weighted by molar-refractivity contribution is 5.94. The molecule has 0 aromatic heterocycles. The number of nitrogens with one attached hydrogen (secondary N) is 1. The minimum atomic E-state index is -4.27. The van der Waals surface area contributed by atoms with Crippen molar-refractivity contribution >= 4 is 11.9 Å². The molecule has 3 N–H and O–H groups in total. The molecule has 1 fully saturated rings. The van der Waals surface area contributed by atoms with E-state index in [1.807, 2.05) is 0 Å². The summed E-state index contributed by atoms with van der Waals surface area (Å²) < 4.78 is 38.4. The van der Waals surface area contributed by atoms with Gasteiger partial charge in [-0.15, -0.1) is 0 Å². The quantitative estimate of drug-likeness (QED) is 0.892. The molecule has 5 nitrogen and oxygen atoms in total. The fourth-order valence-corrected chi connectivity index (χ4v) is 2.57. The maximum Gasteiger partial charge on any atom is 0.393 e. The molecule has 0 aliphatic carbocycles. The molecule has 1 heterocycles. The summed E-state index contributed by atoms with van der Waals surface area (Å²) in [6.45, 7) is 0.257. The second-order valence-corrected chi connectivity index (χ2v) is 5.55. The lowest BCUT2D eigenvalue weighted by Gasteiger charge is -2.33. The Labute approximate surface area is 131 Å². The summed E-state index contributed by atoms with van der Waals surface area (Å²) in [5, 5.41) is 2.41. The van der Waals surface area contributed by atoms with Gasteiger partial charge in [0, 0.05) is 25.2 Å². The van der Waals surface area contributed by atoms with Crippen LogP contribution < -0.4 is 11.1 Å². The van der Waals surface area contributed by atoms with Gasteiger partial charge in [0.05, 0.1) is 5.92 Å². The van der Waals surface area contributed by atoms with Gasteiger partial charge < -0.3 is 16.0 Å². The van der Waals surface area contributed by atoms with Crippen molar-refractivity contribution in [2.24, 2.45) is 11.7 Å². The number of hydrogen-bond donors (Lipinski definition) is 2. The molecule has 1 aromatic rings. The Balaban J connectivity index is 2.01. The number of urea groups is 1. The molecular weight excluding hydrogens is 311 g/mol. The van der Waals surface area contributed by atoms with Crippen LogP contribution in [0.15, 0.2) is 24.3 Å². The van der Waals surface area contributed by atoms with Gasteiger partial charge in [-0.3, -0.25) is 4.79 Å². The number of nitrogens with two attached hydrogens (primary N) is 1. The number of carbonyl (C=O) groups is 2. The fourth-order valence-electron chi connectivity index (χ4n) is 2.57. The zero-order valence-corrected chi connectivity index (χ0v) is 12.4. The number of carbonyl (C=O) groups excluding carboxylic acids is 2. The minimum Gasteiger partial charge on any atom is -0.352 e. The number of halogens is 3. The second-order valence-electron chi connectivity index (χ2n) is 5.55. The Morgan fingerprint density at radius 3 is 2.48 bits per heavy atom. The van der Waals surface area contributed by atoms with E-state index < -0.39 is 24.0 Å². The van der Waals surface area contributed by atoms with Gasteiger partial charge in [0.1, 0.15) is 0 Å². The Morgan fingerprint density at radius 2 is 1.91 bits per heavy atom. The first kappa shape index (κ1) is 17.1. The summed E-state index contributed by atoms with van der Waals surface area (Å²) in [4.78, 5) is 24.2. The number of primary amides is 1. The molecule has 1 aliphatic rings. The molecule has 0 bridgehead atoms. The SMILES string of the molecule is NC(=O)NCc1ccc(C(=O)N2CCCC(C(F)(F)F)C2)cc1. The van der Waals surface area contributed by atoms with E-state index in [4.69, 9.17) is 5.73 Å². The molecule has 1 atom stereocenters. The zero-order chi connectivity index (χ0) is 17.0. The van der Waals surface area contributed by atoms with Crippen LogP contribution in [0.2, 0.25) is 0 Å². The van der Waals surface area contributed by atoms with Gasteiger partial charge in [-0.05, 0) is 30.5 Å². The molecule has 0 spiro atoms. The lowest BCUT2D eigenvalue weighted by molar-refractivity contribution is -0.184. The highest BCUT2D eigenvalue weighted by Crippen LogP contribution is 2.33. The third kappa shape index (κ3) is 4.61. The van der Waals surface area contributed by atoms with Crippen LogP contribution in [0, 0.1) is 5.92 Å². The van der Waals surface area contributed by atoms with Crippen LogP contribution in [-0.2, 0) is 6.54 Å². The number of benzene rings is 1. The lowest BCUT2D eigenvalue weighted by Crippen LogP contribution is -2.44. The van der Waals surface area contributed by atoms with Crippen molar-refractivity contribution in [3.05, 3.63) is 35.4 Å². The van der Waals surface area contributed by atoms with Crippen LogP contribution in [0.25, 0.3) is 0 Å². The van der Waals surface area contributed by atoms with Gasteiger partial charge in [-0.2, -0.15) is 13.2 Å². The van der Waals surface area contributed by atoms with Gasteiger partial charge in [-0.1, -0.05) is 12.1 Å². The molecule has 1 aliphatic heterocycles. The van der Waals surface area contributed by atoms with Crippen LogP contribution in [0.3, 0.4) is 0 Å².